The molecule has 2 N–H and O–H groups in total. The van der Waals surface area contributed by atoms with Crippen LogP contribution >= 0.6 is 11.6 Å². The maximum absolute atomic E-state index is 14.3. The second-order valence-corrected chi connectivity index (χ2v) is 6.47. The summed E-state index contributed by atoms with van der Waals surface area (Å²) >= 11 is 6.14. The highest BCUT2D eigenvalue weighted by atomic mass is 35.5. The van der Waals surface area contributed by atoms with Crippen LogP contribution in [0.1, 0.15) is 31.0 Å². The van der Waals surface area contributed by atoms with Crippen LogP contribution in [-0.2, 0) is 4.79 Å². The third kappa shape index (κ3) is 2.90. The van der Waals surface area contributed by atoms with Crippen molar-refractivity contribution in [1.29, 1.82) is 0 Å². The fraction of sp³-hybridized carbons (Fsp3) is 0.278. The topological polar surface area (TPSA) is 52.6 Å². The van der Waals surface area contributed by atoms with Crippen LogP contribution in [0, 0.1) is 5.82 Å². The molecule has 0 aliphatic carbocycles. The van der Waals surface area contributed by atoms with E-state index in [9.17, 15) is 14.3 Å². The molecule has 3 rings (SSSR count). The number of nitrogens with one attached hydrogen (secondary N) is 1. The maximum Gasteiger partial charge on any atom is 0.271 e. The number of hydrogen-bond donors (Lipinski definition) is 2. The van der Waals surface area contributed by atoms with Crippen LogP contribution in [0.15, 0.2) is 42.5 Å². The average Bonchev–Trinajstić information content (AvgIpc) is 2.64. The van der Waals surface area contributed by atoms with E-state index in [1.54, 1.807) is 36.4 Å². The van der Waals surface area contributed by atoms with E-state index >= 15 is 0 Å². The van der Waals surface area contributed by atoms with Gasteiger partial charge >= 0.3 is 0 Å². The standard InChI is InChI=1S/C18H18ClFN2O2/c1-10(2)22-15-8-7-11(19)9-13(15)16(21-17(23)18(22)24)12-5-3-4-6-14(12)20/h3-10,16-17,21,23H,1-2H3. The first-order chi connectivity index (χ1) is 11.4. The Balaban J connectivity index is 2.24. The van der Waals surface area contributed by atoms with Crippen molar-refractivity contribution in [3.8, 4) is 0 Å². The number of nitrogens with zero attached hydrogens (tertiary/aromatic N) is 1. The van der Waals surface area contributed by atoms with Crippen molar-refractivity contribution < 1.29 is 14.3 Å². The van der Waals surface area contributed by atoms with Gasteiger partial charge in [0.05, 0.1) is 6.04 Å². The van der Waals surface area contributed by atoms with Gasteiger partial charge in [0.25, 0.3) is 5.91 Å². The Morgan fingerprint density at radius 3 is 2.58 bits per heavy atom. The summed E-state index contributed by atoms with van der Waals surface area (Å²) in [7, 11) is 0. The number of aliphatic hydroxyl groups is 1. The van der Waals surface area contributed by atoms with E-state index in [-0.39, 0.29) is 6.04 Å². The van der Waals surface area contributed by atoms with Crippen LogP contribution in [0.3, 0.4) is 0 Å². The lowest BCUT2D eigenvalue weighted by atomic mass is 9.96. The number of fused-ring (bicyclic) bond motifs is 1. The minimum atomic E-state index is -1.44. The van der Waals surface area contributed by atoms with E-state index in [2.05, 4.69) is 5.32 Å². The second kappa shape index (κ2) is 6.51. The Morgan fingerprint density at radius 1 is 1.21 bits per heavy atom. The van der Waals surface area contributed by atoms with Crippen molar-refractivity contribution in [2.24, 2.45) is 0 Å². The highest BCUT2D eigenvalue weighted by Crippen LogP contribution is 2.37. The number of hydrogen-bond acceptors (Lipinski definition) is 3. The van der Waals surface area contributed by atoms with E-state index in [1.165, 1.54) is 11.0 Å². The summed E-state index contributed by atoms with van der Waals surface area (Å²) in [5.41, 5.74) is 1.60. The lowest BCUT2D eigenvalue weighted by Crippen LogP contribution is -2.47. The van der Waals surface area contributed by atoms with Crippen molar-refractivity contribution in [3.05, 3.63) is 64.4 Å². The van der Waals surface area contributed by atoms with Crippen molar-refractivity contribution in [2.45, 2.75) is 32.2 Å². The molecule has 2 unspecified atom stereocenters. The fourth-order valence-corrected chi connectivity index (χ4v) is 3.23. The molecule has 2 aromatic rings. The molecule has 2 aromatic carbocycles. The molecule has 0 aromatic heterocycles. The van der Waals surface area contributed by atoms with E-state index in [4.69, 9.17) is 11.6 Å². The number of carbonyl (C=O) groups is 1. The Labute approximate surface area is 144 Å². The molecule has 2 atom stereocenters. The first-order valence-corrected chi connectivity index (χ1v) is 8.09. The summed E-state index contributed by atoms with van der Waals surface area (Å²) in [4.78, 5) is 14.1. The number of halogens is 2. The zero-order valence-corrected chi connectivity index (χ0v) is 14.1. The Hall–Kier alpha value is -1.95. The summed E-state index contributed by atoms with van der Waals surface area (Å²) in [6, 6.07) is 10.5. The van der Waals surface area contributed by atoms with E-state index in [0.29, 0.717) is 21.8 Å². The number of aliphatic hydroxyl groups excluding tert-OH is 1. The molecule has 126 valence electrons. The Bertz CT molecular complexity index is 781. The fourth-order valence-electron chi connectivity index (χ4n) is 3.04. The molecular formula is C18H18ClFN2O2. The molecule has 4 nitrogen and oxygen atoms in total. The summed E-state index contributed by atoms with van der Waals surface area (Å²) in [6.07, 6.45) is -1.44. The molecule has 0 fully saturated rings. The normalized spacial score (nSPS) is 20.9. The average molecular weight is 349 g/mol. The summed E-state index contributed by atoms with van der Waals surface area (Å²) in [6.45, 7) is 3.71. The first kappa shape index (κ1) is 16.9. The molecule has 0 radical (unpaired) electrons. The van der Waals surface area contributed by atoms with Gasteiger partial charge in [0, 0.05) is 22.3 Å². The summed E-state index contributed by atoms with van der Waals surface area (Å²) < 4.78 is 14.3. The van der Waals surface area contributed by atoms with Crippen LogP contribution in [-0.4, -0.2) is 23.3 Å². The number of rotatable bonds is 2. The van der Waals surface area contributed by atoms with Crippen molar-refractivity contribution >= 4 is 23.2 Å². The molecule has 0 bridgehead atoms. The zero-order valence-electron chi connectivity index (χ0n) is 13.3. The molecule has 0 saturated heterocycles. The van der Waals surface area contributed by atoms with Gasteiger partial charge in [0.15, 0.2) is 6.23 Å². The Kier molecular flexibility index (Phi) is 4.58. The maximum atomic E-state index is 14.3. The molecular weight excluding hydrogens is 331 g/mol. The molecule has 1 heterocycles. The molecule has 1 aliphatic rings. The van der Waals surface area contributed by atoms with Gasteiger partial charge in [-0.2, -0.15) is 0 Å². The minimum absolute atomic E-state index is 0.173. The third-order valence-corrected chi connectivity index (χ3v) is 4.32. The van der Waals surface area contributed by atoms with Gasteiger partial charge < -0.3 is 10.0 Å². The predicted molar refractivity (Wildman–Crippen MR) is 91.5 cm³/mol. The zero-order chi connectivity index (χ0) is 17.4. The van der Waals surface area contributed by atoms with E-state index in [1.807, 2.05) is 13.8 Å². The van der Waals surface area contributed by atoms with Crippen LogP contribution < -0.4 is 10.2 Å². The lowest BCUT2D eigenvalue weighted by molar-refractivity contribution is -0.128. The van der Waals surface area contributed by atoms with E-state index in [0.717, 1.165) is 0 Å². The van der Waals surface area contributed by atoms with Gasteiger partial charge in [-0.3, -0.25) is 10.1 Å². The molecule has 24 heavy (non-hydrogen) atoms. The highest BCUT2D eigenvalue weighted by Gasteiger charge is 2.36. The largest absolute Gasteiger partial charge is 0.370 e. The molecule has 1 aliphatic heterocycles. The van der Waals surface area contributed by atoms with E-state index < -0.39 is 24.0 Å². The molecule has 1 amide bonds. The lowest BCUT2D eigenvalue weighted by Gasteiger charge is -2.28. The molecule has 0 saturated carbocycles. The quantitative estimate of drug-likeness (QED) is 0.876. The second-order valence-electron chi connectivity index (χ2n) is 6.03. The number of anilines is 1. The van der Waals surface area contributed by atoms with Gasteiger partial charge in [-0.15, -0.1) is 0 Å². The first-order valence-electron chi connectivity index (χ1n) is 7.71. The van der Waals surface area contributed by atoms with Gasteiger partial charge in [-0.05, 0) is 43.7 Å². The smallest absolute Gasteiger partial charge is 0.271 e. The number of amides is 1. The van der Waals surface area contributed by atoms with Crippen molar-refractivity contribution in [2.75, 3.05) is 4.90 Å². The minimum Gasteiger partial charge on any atom is -0.370 e. The van der Waals surface area contributed by atoms with Crippen molar-refractivity contribution in [3.63, 3.8) is 0 Å². The van der Waals surface area contributed by atoms with Gasteiger partial charge in [0.1, 0.15) is 5.82 Å². The molecule has 0 spiro atoms. The summed E-state index contributed by atoms with van der Waals surface area (Å²) in [5, 5.41) is 13.6. The third-order valence-electron chi connectivity index (χ3n) is 4.09. The van der Waals surface area contributed by atoms with Gasteiger partial charge in [-0.1, -0.05) is 29.8 Å². The highest BCUT2D eigenvalue weighted by molar-refractivity contribution is 6.30. The van der Waals surface area contributed by atoms with Crippen LogP contribution in [0.25, 0.3) is 0 Å². The van der Waals surface area contributed by atoms with Crippen LogP contribution in [0.4, 0.5) is 10.1 Å². The van der Waals surface area contributed by atoms with Crippen LogP contribution in [0.2, 0.25) is 5.02 Å². The Morgan fingerprint density at radius 2 is 1.92 bits per heavy atom. The summed E-state index contributed by atoms with van der Waals surface area (Å²) in [5.74, 6) is -0.897. The number of carbonyl (C=O) groups excluding carboxylic acids is 1. The van der Waals surface area contributed by atoms with Crippen LogP contribution in [0.5, 0.6) is 0 Å². The SMILES string of the molecule is CC(C)N1C(=O)C(O)NC(c2ccccc2F)c2cc(Cl)ccc21. The van der Waals surface area contributed by atoms with Crippen molar-refractivity contribution in [1.82, 2.24) is 5.32 Å². The van der Waals surface area contributed by atoms with Gasteiger partial charge in [-0.25, -0.2) is 4.39 Å². The predicted octanol–water partition coefficient (Wildman–Crippen LogP) is 3.23. The monoisotopic (exact) mass is 348 g/mol. The van der Waals surface area contributed by atoms with Gasteiger partial charge in [0.2, 0.25) is 0 Å². The molecule has 6 heteroatoms. The number of benzene rings is 2.